The van der Waals surface area contributed by atoms with E-state index in [4.69, 9.17) is 0 Å². The maximum absolute atomic E-state index is 12.3. The molecule has 0 aliphatic rings. The van der Waals surface area contributed by atoms with Crippen LogP contribution in [0, 0.1) is 0 Å². The van der Waals surface area contributed by atoms with E-state index in [1.165, 1.54) is 0 Å². The first kappa shape index (κ1) is 12.9. The Bertz CT molecular complexity index is 209. The van der Waals surface area contributed by atoms with Crippen LogP contribution in [0.2, 0.25) is 0 Å². The Kier molecular flexibility index (Phi) is 4.38. The molecule has 78 valence electrons. The normalized spacial score (nSPS) is 17.3. The van der Waals surface area contributed by atoms with Crippen LogP contribution in [0.5, 0.6) is 0 Å². The van der Waals surface area contributed by atoms with Gasteiger partial charge >= 0.3 is 5.92 Å². The molecule has 1 unspecified atom stereocenters. The van der Waals surface area contributed by atoms with E-state index in [0.29, 0.717) is 0 Å². The maximum atomic E-state index is 12.3. The Hall–Kier alpha value is -0.100. The van der Waals surface area contributed by atoms with Gasteiger partial charge < -0.3 is 0 Å². The molecule has 0 amide bonds. The summed E-state index contributed by atoms with van der Waals surface area (Å²) in [7, 11) is 0. The van der Waals surface area contributed by atoms with Crippen LogP contribution in [-0.2, 0) is 0 Å². The summed E-state index contributed by atoms with van der Waals surface area (Å²) in [5, 5.41) is -4.18. The topological polar surface area (TPSA) is 0 Å². The summed E-state index contributed by atoms with van der Waals surface area (Å²) < 4.78 is 71.5. The molecule has 0 fully saturated rings. The molecule has 0 aromatic heterocycles. The van der Waals surface area contributed by atoms with Gasteiger partial charge in [0.05, 0.1) is 0 Å². The summed E-state index contributed by atoms with van der Waals surface area (Å²) in [6.45, 7) is 0. The van der Waals surface area contributed by atoms with E-state index >= 15 is 0 Å². The van der Waals surface area contributed by atoms with Gasteiger partial charge in [-0.25, -0.2) is 13.2 Å². The number of hydrogen-bond acceptors (Lipinski definition) is 0. The number of halogens is 8. The molecule has 0 rings (SSSR count). The smallest absolute Gasteiger partial charge is 0.234 e. The zero-order valence-corrected chi connectivity index (χ0v) is 7.19. The molecule has 0 heterocycles. The van der Waals surface area contributed by atoms with Gasteiger partial charge in [0.1, 0.15) is 5.03 Å². The zero-order valence-electron chi connectivity index (χ0n) is 5.68. The molecule has 0 radical (unpaired) electrons. The quantitative estimate of drug-likeness (QED) is 0.664. The monoisotopic (exact) mass is 246 g/mol. The molecule has 13 heavy (non-hydrogen) atoms. The van der Waals surface area contributed by atoms with Crippen molar-refractivity contribution in [3.05, 3.63) is 10.3 Å². The lowest BCUT2D eigenvalue weighted by Gasteiger charge is -2.18. The van der Waals surface area contributed by atoms with Crippen molar-refractivity contribution in [2.24, 2.45) is 0 Å². The Balaban J connectivity index is 4.86. The van der Waals surface area contributed by atoms with Gasteiger partial charge in [-0.1, -0.05) is 11.6 Å². The van der Waals surface area contributed by atoms with E-state index in [2.05, 4.69) is 23.2 Å². The van der Waals surface area contributed by atoms with E-state index in [-0.39, 0.29) is 0 Å². The summed E-state index contributed by atoms with van der Waals surface area (Å²) in [6.07, 6.45) is -7.86. The van der Waals surface area contributed by atoms with Crippen molar-refractivity contribution in [1.82, 2.24) is 0 Å². The summed E-state index contributed by atoms with van der Waals surface area (Å²) in [4.78, 5) is 0. The molecule has 0 saturated heterocycles. The Morgan fingerprint density at radius 3 is 1.69 bits per heavy atom. The van der Waals surface area contributed by atoms with Crippen molar-refractivity contribution in [3.8, 4) is 0 Å². The van der Waals surface area contributed by atoms with E-state index in [9.17, 15) is 26.3 Å². The number of rotatable bonds is 3. The summed E-state index contributed by atoms with van der Waals surface area (Å²) >= 11 is 8.85. The highest BCUT2D eigenvalue weighted by Crippen LogP contribution is 2.38. The molecule has 1 atom stereocenters. The summed E-state index contributed by atoms with van der Waals surface area (Å²) in [5.41, 5.74) is 0. The van der Waals surface area contributed by atoms with Gasteiger partial charge in [0.15, 0.2) is 0 Å². The van der Waals surface area contributed by atoms with Gasteiger partial charge in [0.2, 0.25) is 11.5 Å². The molecular weight excluding hydrogens is 245 g/mol. The van der Waals surface area contributed by atoms with Crippen molar-refractivity contribution in [3.63, 3.8) is 0 Å². The fourth-order valence-electron chi connectivity index (χ4n) is 0.405. The lowest BCUT2D eigenvalue weighted by Crippen LogP contribution is -2.36. The molecule has 0 saturated carbocycles. The van der Waals surface area contributed by atoms with Gasteiger partial charge in [0, 0.05) is 0 Å². The van der Waals surface area contributed by atoms with Crippen molar-refractivity contribution >= 4 is 23.2 Å². The first-order chi connectivity index (χ1) is 5.71. The molecule has 0 N–H and O–H groups in total. The third-order valence-electron chi connectivity index (χ3n) is 1.03. The van der Waals surface area contributed by atoms with Gasteiger partial charge in [-0.3, -0.25) is 0 Å². The SMILES string of the molecule is FC(Cl)=C(Cl)C(F)(F)C(F)C(F)F. The van der Waals surface area contributed by atoms with E-state index in [0.717, 1.165) is 0 Å². The lowest BCUT2D eigenvalue weighted by atomic mass is 10.2. The fourth-order valence-corrected chi connectivity index (χ4v) is 0.635. The van der Waals surface area contributed by atoms with Gasteiger partial charge in [-0.2, -0.15) is 13.2 Å². The van der Waals surface area contributed by atoms with E-state index < -0.39 is 28.8 Å². The predicted molar refractivity (Wildman–Crippen MR) is 35.7 cm³/mol. The molecule has 0 aliphatic carbocycles. The van der Waals surface area contributed by atoms with Crippen molar-refractivity contribution in [2.45, 2.75) is 18.5 Å². The third kappa shape index (κ3) is 2.95. The van der Waals surface area contributed by atoms with Crippen LogP contribution in [0.15, 0.2) is 10.3 Å². The fraction of sp³-hybridized carbons (Fsp3) is 0.600. The molecule has 0 spiro atoms. The summed E-state index contributed by atoms with van der Waals surface area (Å²) in [6, 6.07) is 0. The van der Waals surface area contributed by atoms with Crippen LogP contribution in [0.1, 0.15) is 0 Å². The highest BCUT2D eigenvalue weighted by Gasteiger charge is 2.50. The van der Waals surface area contributed by atoms with Crippen LogP contribution in [0.4, 0.5) is 26.3 Å². The number of alkyl halides is 5. The minimum Gasteiger partial charge on any atom is -0.234 e. The Labute approximate surface area is 79.1 Å². The van der Waals surface area contributed by atoms with Gasteiger partial charge in [-0.15, -0.1) is 0 Å². The van der Waals surface area contributed by atoms with Crippen LogP contribution in [0.3, 0.4) is 0 Å². The predicted octanol–water partition coefficient (Wildman–Crippen LogP) is 3.84. The van der Waals surface area contributed by atoms with Crippen molar-refractivity contribution < 1.29 is 26.3 Å². The number of allylic oxidation sites excluding steroid dienone is 1. The molecule has 0 bridgehead atoms. The lowest BCUT2D eigenvalue weighted by molar-refractivity contribution is -0.0985. The van der Waals surface area contributed by atoms with Gasteiger partial charge in [-0.05, 0) is 11.6 Å². The van der Waals surface area contributed by atoms with Crippen molar-refractivity contribution in [1.29, 1.82) is 0 Å². The van der Waals surface area contributed by atoms with Crippen LogP contribution < -0.4 is 0 Å². The average molecular weight is 247 g/mol. The average Bonchev–Trinajstić information content (AvgIpc) is 2.01. The standard InChI is InChI=1S/C5H2Cl2F6/c6-1(3(7)9)5(12,13)2(8)4(10)11/h2,4H. The van der Waals surface area contributed by atoms with Crippen LogP contribution >= 0.6 is 23.2 Å². The van der Waals surface area contributed by atoms with E-state index in [1.54, 1.807) is 0 Å². The second kappa shape index (κ2) is 4.41. The molecule has 0 aromatic carbocycles. The summed E-state index contributed by atoms with van der Waals surface area (Å²) in [5.74, 6) is -4.82. The first-order valence-corrected chi connectivity index (χ1v) is 3.48. The molecule has 0 nitrogen and oxygen atoms in total. The second-order valence-electron chi connectivity index (χ2n) is 1.93. The number of hydrogen-bond donors (Lipinski definition) is 0. The highest BCUT2D eigenvalue weighted by atomic mass is 35.5. The molecule has 8 heteroatoms. The molecule has 0 aromatic rings. The van der Waals surface area contributed by atoms with Crippen molar-refractivity contribution in [2.75, 3.05) is 0 Å². The second-order valence-corrected chi connectivity index (χ2v) is 2.64. The maximum Gasteiger partial charge on any atom is 0.323 e. The highest BCUT2D eigenvalue weighted by molar-refractivity contribution is 6.38. The Morgan fingerprint density at radius 1 is 1.08 bits per heavy atom. The largest absolute Gasteiger partial charge is 0.323 e. The molecular formula is C5H2Cl2F6. The third-order valence-corrected chi connectivity index (χ3v) is 1.73. The minimum absolute atomic E-state index is 2.07. The van der Waals surface area contributed by atoms with Crippen LogP contribution in [0.25, 0.3) is 0 Å². The zero-order chi connectivity index (χ0) is 10.8. The van der Waals surface area contributed by atoms with Gasteiger partial charge in [0.25, 0.3) is 6.43 Å². The Morgan fingerprint density at radius 2 is 1.46 bits per heavy atom. The van der Waals surface area contributed by atoms with Crippen LogP contribution in [-0.4, -0.2) is 18.5 Å². The van der Waals surface area contributed by atoms with E-state index in [1.807, 2.05) is 0 Å². The molecule has 0 aliphatic heterocycles. The minimum atomic E-state index is -4.82. The first-order valence-electron chi connectivity index (χ1n) is 2.72.